The Labute approximate surface area is 112 Å². The van der Waals surface area contributed by atoms with Crippen molar-refractivity contribution in [3.63, 3.8) is 0 Å². The summed E-state index contributed by atoms with van der Waals surface area (Å²) in [6.07, 6.45) is 1.39. The SMILES string of the molecule is CCN(CCO)S(=O)(=O)c1cc(C(=O)NC)n(C)c1. The summed E-state index contributed by atoms with van der Waals surface area (Å²) in [7, 11) is -0.601. The van der Waals surface area contributed by atoms with Gasteiger partial charge in [-0.15, -0.1) is 0 Å². The van der Waals surface area contributed by atoms with Crippen molar-refractivity contribution in [1.29, 1.82) is 0 Å². The van der Waals surface area contributed by atoms with Gasteiger partial charge >= 0.3 is 0 Å². The molecule has 0 aliphatic carbocycles. The Morgan fingerprint density at radius 3 is 2.63 bits per heavy atom. The average molecular weight is 289 g/mol. The third-order valence-electron chi connectivity index (χ3n) is 2.78. The highest BCUT2D eigenvalue weighted by Crippen LogP contribution is 2.18. The Morgan fingerprint density at radius 1 is 1.53 bits per heavy atom. The highest BCUT2D eigenvalue weighted by Gasteiger charge is 2.25. The van der Waals surface area contributed by atoms with Crippen molar-refractivity contribution in [1.82, 2.24) is 14.2 Å². The molecule has 0 aliphatic heterocycles. The third-order valence-corrected chi connectivity index (χ3v) is 4.72. The van der Waals surface area contributed by atoms with Crippen LogP contribution in [0.1, 0.15) is 17.4 Å². The number of hydrogen-bond donors (Lipinski definition) is 2. The van der Waals surface area contributed by atoms with Crippen molar-refractivity contribution in [3.8, 4) is 0 Å². The third kappa shape index (κ3) is 3.14. The molecular weight excluding hydrogens is 270 g/mol. The van der Waals surface area contributed by atoms with Gasteiger partial charge in [0.1, 0.15) is 10.6 Å². The van der Waals surface area contributed by atoms with Gasteiger partial charge in [-0.1, -0.05) is 6.92 Å². The zero-order valence-electron chi connectivity index (χ0n) is 11.3. The summed E-state index contributed by atoms with van der Waals surface area (Å²) in [5.41, 5.74) is 0.265. The van der Waals surface area contributed by atoms with Crippen LogP contribution in [0.3, 0.4) is 0 Å². The van der Waals surface area contributed by atoms with Crippen molar-refractivity contribution < 1.29 is 18.3 Å². The van der Waals surface area contributed by atoms with Gasteiger partial charge in [0.2, 0.25) is 10.0 Å². The van der Waals surface area contributed by atoms with E-state index in [4.69, 9.17) is 5.11 Å². The number of rotatable bonds is 6. The van der Waals surface area contributed by atoms with Crippen LogP contribution in [-0.2, 0) is 17.1 Å². The van der Waals surface area contributed by atoms with E-state index in [0.29, 0.717) is 0 Å². The molecule has 1 heterocycles. The monoisotopic (exact) mass is 289 g/mol. The number of aliphatic hydroxyl groups excluding tert-OH is 1. The molecule has 0 atom stereocenters. The quantitative estimate of drug-likeness (QED) is 0.730. The van der Waals surface area contributed by atoms with Gasteiger partial charge in [0.15, 0.2) is 0 Å². The van der Waals surface area contributed by atoms with Crippen molar-refractivity contribution in [2.24, 2.45) is 7.05 Å². The fourth-order valence-corrected chi connectivity index (χ4v) is 3.25. The number of nitrogens with one attached hydrogen (secondary N) is 1. The molecule has 1 aromatic rings. The van der Waals surface area contributed by atoms with Gasteiger partial charge in [0, 0.05) is 33.4 Å². The smallest absolute Gasteiger partial charge is 0.267 e. The minimum absolute atomic E-state index is 0.0308. The maximum absolute atomic E-state index is 12.3. The van der Waals surface area contributed by atoms with Crippen LogP contribution in [0.2, 0.25) is 0 Å². The number of aromatic nitrogens is 1. The van der Waals surface area contributed by atoms with Crippen molar-refractivity contribution in [2.75, 3.05) is 26.7 Å². The van der Waals surface area contributed by atoms with Crippen molar-refractivity contribution >= 4 is 15.9 Å². The lowest BCUT2D eigenvalue weighted by molar-refractivity contribution is 0.0955. The molecule has 0 fully saturated rings. The second-order valence-corrected chi connectivity index (χ2v) is 5.91. The summed E-state index contributed by atoms with van der Waals surface area (Å²) in [5.74, 6) is -0.353. The first kappa shape index (κ1) is 15.7. The number of carbonyl (C=O) groups is 1. The van der Waals surface area contributed by atoms with Crippen molar-refractivity contribution in [2.45, 2.75) is 11.8 Å². The molecule has 19 heavy (non-hydrogen) atoms. The number of carbonyl (C=O) groups excluding carboxylic acids is 1. The van der Waals surface area contributed by atoms with Gasteiger partial charge in [-0.05, 0) is 6.07 Å². The Balaban J connectivity index is 3.19. The average Bonchev–Trinajstić information content (AvgIpc) is 2.77. The number of aryl methyl sites for hydroxylation is 1. The Bertz CT molecular complexity index is 550. The second kappa shape index (κ2) is 6.18. The van der Waals surface area contributed by atoms with E-state index < -0.39 is 10.0 Å². The molecule has 2 N–H and O–H groups in total. The lowest BCUT2D eigenvalue weighted by atomic mass is 10.4. The summed E-state index contributed by atoms with van der Waals surface area (Å²) >= 11 is 0. The first-order valence-corrected chi connectivity index (χ1v) is 7.32. The second-order valence-electron chi connectivity index (χ2n) is 3.97. The molecule has 8 heteroatoms. The summed E-state index contributed by atoms with van der Waals surface area (Å²) < 4.78 is 27.2. The predicted octanol–water partition coefficient (Wildman–Crippen LogP) is -0.612. The van der Waals surface area contributed by atoms with Gasteiger partial charge < -0.3 is 15.0 Å². The summed E-state index contributed by atoms with van der Waals surface area (Å²) in [4.78, 5) is 11.6. The summed E-state index contributed by atoms with van der Waals surface area (Å²) in [5, 5.41) is 11.3. The molecule has 7 nitrogen and oxygen atoms in total. The minimum atomic E-state index is -3.68. The van der Waals surface area contributed by atoms with Crippen LogP contribution < -0.4 is 5.32 Å². The first-order chi connectivity index (χ1) is 8.88. The molecule has 108 valence electrons. The topological polar surface area (TPSA) is 91.6 Å². The van der Waals surface area contributed by atoms with Crippen LogP contribution in [0.25, 0.3) is 0 Å². The lowest BCUT2D eigenvalue weighted by Gasteiger charge is -2.18. The highest BCUT2D eigenvalue weighted by molar-refractivity contribution is 7.89. The number of hydrogen-bond acceptors (Lipinski definition) is 4. The molecule has 0 spiro atoms. The van der Waals surface area contributed by atoms with Gasteiger partial charge in [-0.3, -0.25) is 4.79 Å². The van der Waals surface area contributed by atoms with Crippen molar-refractivity contribution in [3.05, 3.63) is 18.0 Å². The standard InChI is InChI=1S/C11H19N3O4S/c1-4-14(5-6-15)19(17,18)9-7-10(11(16)12-2)13(3)8-9/h7-8,15H,4-6H2,1-3H3,(H,12,16). The van der Waals surface area contributed by atoms with E-state index in [1.165, 1.54) is 23.9 Å². The predicted molar refractivity (Wildman–Crippen MR) is 70.3 cm³/mol. The molecule has 0 saturated carbocycles. The molecule has 0 bridgehead atoms. The van der Waals surface area contributed by atoms with Crippen LogP contribution in [0.15, 0.2) is 17.2 Å². The van der Waals surface area contributed by atoms with Crippen LogP contribution >= 0.6 is 0 Å². The van der Waals surface area contributed by atoms with E-state index in [2.05, 4.69) is 5.32 Å². The number of sulfonamides is 1. The molecule has 0 aliphatic rings. The molecule has 1 aromatic heterocycles. The number of nitrogens with zero attached hydrogens (tertiary/aromatic N) is 2. The maximum Gasteiger partial charge on any atom is 0.267 e. The van der Waals surface area contributed by atoms with Crippen LogP contribution in [0, 0.1) is 0 Å². The minimum Gasteiger partial charge on any atom is -0.395 e. The highest BCUT2D eigenvalue weighted by atomic mass is 32.2. The van der Waals surface area contributed by atoms with E-state index in [9.17, 15) is 13.2 Å². The van der Waals surface area contributed by atoms with Gasteiger partial charge in [0.05, 0.1) is 6.61 Å². The normalized spacial score (nSPS) is 11.8. The Hall–Kier alpha value is -1.38. The molecular formula is C11H19N3O4S. The van der Waals surface area contributed by atoms with Gasteiger partial charge in [-0.2, -0.15) is 4.31 Å². The zero-order valence-corrected chi connectivity index (χ0v) is 12.1. The summed E-state index contributed by atoms with van der Waals surface area (Å²) in [6, 6.07) is 1.33. The lowest BCUT2D eigenvalue weighted by Crippen LogP contribution is -2.33. The van der Waals surface area contributed by atoms with Crippen LogP contribution in [0.4, 0.5) is 0 Å². The van der Waals surface area contributed by atoms with Gasteiger partial charge in [0.25, 0.3) is 5.91 Å². The Morgan fingerprint density at radius 2 is 2.16 bits per heavy atom. The van der Waals surface area contributed by atoms with E-state index in [1.807, 2.05) is 0 Å². The molecule has 1 rings (SSSR count). The molecule has 0 unspecified atom stereocenters. The van der Waals surface area contributed by atoms with E-state index in [1.54, 1.807) is 14.0 Å². The molecule has 0 saturated heterocycles. The maximum atomic E-state index is 12.3. The Kier molecular flexibility index (Phi) is 5.10. The summed E-state index contributed by atoms with van der Waals surface area (Å²) in [6.45, 7) is 1.73. The number of aliphatic hydroxyl groups is 1. The molecule has 0 radical (unpaired) electrons. The number of amides is 1. The van der Waals surface area contributed by atoms with E-state index >= 15 is 0 Å². The first-order valence-electron chi connectivity index (χ1n) is 5.87. The zero-order chi connectivity index (χ0) is 14.6. The fourth-order valence-electron chi connectivity index (χ4n) is 1.74. The van der Waals surface area contributed by atoms with Gasteiger partial charge in [-0.25, -0.2) is 8.42 Å². The van der Waals surface area contributed by atoms with Crippen LogP contribution in [-0.4, -0.2) is 55.0 Å². The van der Waals surface area contributed by atoms with Crippen LogP contribution in [0.5, 0.6) is 0 Å². The number of likely N-dealkylation sites (N-methyl/N-ethyl adjacent to an activating group) is 1. The largest absolute Gasteiger partial charge is 0.395 e. The van der Waals surface area contributed by atoms with E-state index in [-0.39, 0.29) is 36.2 Å². The molecule has 0 aromatic carbocycles. The van der Waals surface area contributed by atoms with E-state index in [0.717, 1.165) is 4.31 Å². The molecule has 1 amide bonds. The fraction of sp³-hybridized carbons (Fsp3) is 0.545.